The Bertz CT molecular complexity index is 496. The fraction of sp³-hybridized carbons (Fsp3) is 0.500. The van der Waals surface area contributed by atoms with Crippen molar-refractivity contribution in [2.45, 2.75) is 50.1 Å². The number of hydrogen-bond acceptors (Lipinski definition) is 3. The van der Waals surface area contributed by atoms with Gasteiger partial charge in [0.1, 0.15) is 0 Å². The van der Waals surface area contributed by atoms with E-state index in [-0.39, 0.29) is 12.3 Å². The van der Waals surface area contributed by atoms with Gasteiger partial charge < -0.3 is 16.2 Å². The first-order valence-electron chi connectivity index (χ1n) is 7.34. The molecule has 5 nitrogen and oxygen atoms in total. The normalized spacial score (nSPS) is 18.1. The fourth-order valence-electron chi connectivity index (χ4n) is 3.00. The highest BCUT2D eigenvalue weighted by Crippen LogP contribution is 2.32. The Morgan fingerprint density at radius 3 is 2.43 bits per heavy atom. The summed E-state index contributed by atoms with van der Waals surface area (Å²) in [5.41, 5.74) is 6.34. The molecule has 1 aliphatic rings. The Labute approximate surface area is 124 Å². The van der Waals surface area contributed by atoms with Crippen molar-refractivity contribution in [1.82, 2.24) is 5.32 Å². The molecule has 1 aromatic rings. The van der Waals surface area contributed by atoms with Gasteiger partial charge >= 0.3 is 5.97 Å². The molecule has 1 atom stereocenters. The molecule has 0 bridgehead atoms. The van der Waals surface area contributed by atoms with Gasteiger partial charge in [0.15, 0.2) is 0 Å². The van der Waals surface area contributed by atoms with Crippen LogP contribution in [-0.2, 0) is 16.0 Å². The fourth-order valence-corrected chi connectivity index (χ4v) is 3.00. The van der Waals surface area contributed by atoms with E-state index in [1.54, 1.807) is 0 Å². The number of carboxylic acids is 1. The minimum absolute atomic E-state index is 0.0310. The van der Waals surface area contributed by atoms with Crippen LogP contribution < -0.4 is 11.1 Å². The molecule has 4 N–H and O–H groups in total. The molecule has 1 aromatic carbocycles. The molecular formula is C16H22N2O3. The van der Waals surface area contributed by atoms with Crippen molar-refractivity contribution in [3.63, 3.8) is 0 Å². The molecule has 0 aliphatic heterocycles. The predicted octanol–water partition coefficient (Wildman–Crippen LogP) is 1.46. The van der Waals surface area contributed by atoms with Crippen molar-refractivity contribution < 1.29 is 14.7 Å². The molecule has 0 saturated heterocycles. The Balaban J connectivity index is 1.97. The molecule has 1 fully saturated rings. The number of benzene rings is 1. The van der Waals surface area contributed by atoms with Crippen LogP contribution in [-0.4, -0.2) is 28.6 Å². The van der Waals surface area contributed by atoms with E-state index in [0.29, 0.717) is 19.3 Å². The lowest BCUT2D eigenvalue weighted by Gasteiger charge is -2.30. The zero-order valence-corrected chi connectivity index (χ0v) is 12.0. The van der Waals surface area contributed by atoms with Crippen LogP contribution in [0.5, 0.6) is 0 Å². The Hall–Kier alpha value is -1.88. The number of rotatable bonds is 6. The summed E-state index contributed by atoms with van der Waals surface area (Å²) >= 11 is 0. The smallest absolute Gasteiger partial charge is 0.305 e. The van der Waals surface area contributed by atoms with Crippen molar-refractivity contribution >= 4 is 11.9 Å². The molecule has 0 heterocycles. The quantitative estimate of drug-likeness (QED) is 0.739. The Morgan fingerprint density at radius 2 is 1.86 bits per heavy atom. The number of carboxylic acid groups (broad SMARTS) is 1. The van der Waals surface area contributed by atoms with E-state index in [1.807, 2.05) is 30.3 Å². The highest BCUT2D eigenvalue weighted by molar-refractivity contribution is 5.83. The topological polar surface area (TPSA) is 92.4 Å². The van der Waals surface area contributed by atoms with Crippen molar-refractivity contribution in [3.05, 3.63) is 35.9 Å². The van der Waals surface area contributed by atoms with Crippen LogP contribution in [0.1, 0.15) is 37.7 Å². The van der Waals surface area contributed by atoms with Gasteiger partial charge in [-0.2, -0.15) is 0 Å². The number of carbonyl (C=O) groups is 2. The summed E-state index contributed by atoms with van der Waals surface area (Å²) in [5.74, 6) is -1.14. The zero-order valence-electron chi connectivity index (χ0n) is 12.0. The summed E-state index contributed by atoms with van der Waals surface area (Å²) in [5, 5.41) is 11.9. The lowest BCUT2D eigenvalue weighted by atomic mass is 9.92. The molecule has 5 heteroatoms. The van der Waals surface area contributed by atoms with Gasteiger partial charge in [-0.05, 0) is 24.8 Å². The average Bonchev–Trinajstić information content (AvgIpc) is 2.87. The van der Waals surface area contributed by atoms with Crippen LogP contribution in [0.3, 0.4) is 0 Å². The Morgan fingerprint density at radius 1 is 1.24 bits per heavy atom. The van der Waals surface area contributed by atoms with E-state index in [1.165, 1.54) is 0 Å². The molecule has 0 unspecified atom stereocenters. The molecule has 1 amide bonds. The largest absolute Gasteiger partial charge is 0.481 e. The second kappa shape index (κ2) is 6.72. The van der Waals surface area contributed by atoms with E-state index < -0.39 is 17.6 Å². The molecule has 0 radical (unpaired) electrons. The maximum absolute atomic E-state index is 12.3. The van der Waals surface area contributed by atoms with Gasteiger partial charge in [0, 0.05) is 0 Å². The minimum Gasteiger partial charge on any atom is -0.481 e. The van der Waals surface area contributed by atoms with Crippen molar-refractivity contribution in [2.75, 3.05) is 0 Å². The summed E-state index contributed by atoms with van der Waals surface area (Å²) in [6.07, 6.45) is 3.74. The molecule has 2 rings (SSSR count). The van der Waals surface area contributed by atoms with Gasteiger partial charge in [-0.1, -0.05) is 43.2 Å². The van der Waals surface area contributed by atoms with E-state index in [2.05, 4.69) is 5.32 Å². The summed E-state index contributed by atoms with van der Waals surface area (Å²) in [4.78, 5) is 23.3. The summed E-state index contributed by atoms with van der Waals surface area (Å²) in [6.45, 7) is 0. The average molecular weight is 290 g/mol. The molecule has 0 spiro atoms. The zero-order chi connectivity index (χ0) is 15.3. The number of hydrogen-bond donors (Lipinski definition) is 3. The van der Waals surface area contributed by atoms with Gasteiger partial charge in [0.25, 0.3) is 0 Å². The lowest BCUT2D eigenvalue weighted by molar-refractivity contribution is -0.139. The standard InChI is InChI=1S/C16H22N2O3/c17-13(10-12-6-2-1-3-7-12)15(21)18-16(11-14(19)20)8-4-5-9-16/h1-3,6-7,13H,4-5,8-11,17H2,(H,18,21)(H,19,20)/t13-/m0/s1. The number of amides is 1. The molecule has 114 valence electrons. The minimum atomic E-state index is -0.881. The van der Waals surface area contributed by atoms with Crippen LogP contribution in [0.15, 0.2) is 30.3 Å². The number of nitrogens with one attached hydrogen (secondary N) is 1. The second-order valence-electron chi connectivity index (χ2n) is 5.84. The summed E-state index contributed by atoms with van der Waals surface area (Å²) in [6, 6.07) is 8.92. The monoisotopic (exact) mass is 290 g/mol. The molecule has 21 heavy (non-hydrogen) atoms. The molecular weight excluding hydrogens is 268 g/mol. The number of carbonyl (C=O) groups excluding carboxylic acids is 1. The highest BCUT2D eigenvalue weighted by atomic mass is 16.4. The van der Waals surface area contributed by atoms with Crippen LogP contribution >= 0.6 is 0 Å². The molecule has 1 saturated carbocycles. The molecule has 1 aliphatic carbocycles. The lowest BCUT2D eigenvalue weighted by Crippen LogP contribution is -2.53. The third kappa shape index (κ3) is 4.29. The first-order valence-corrected chi connectivity index (χ1v) is 7.34. The Kier molecular flexibility index (Phi) is 4.96. The predicted molar refractivity (Wildman–Crippen MR) is 79.7 cm³/mol. The van der Waals surface area contributed by atoms with Gasteiger partial charge in [-0.25, -0.2) is 0 Å². The van der Waals surface area contributed by atoms with Crippen molar-refractivity contribution in [1.29, 1.82) is 0 Å². The van der Waals surface area contributed by atoms with Gasteiger partial charge in [-0.15, -0.1) is 0 Å². The van der Waals surface area contributed by atoms with Crippen LogP contribution in [0.2, 0.25) is 0 Å². The van der Waals surface area contributed by atoms with E-state index in [9.17, 15) is 9.59 Å². The van der Waals surface area contributed by atoms with Crippen molar-refractivity contribution in [3.8, 4) is 0 Å². The van der Waals surface area contributed by atoms with Crippen LogP contribution in [0.4, 0.5) is 0 Å². The SMILES string of the molecule is N[C@@H](Cc1ccccc1)C(=O)NC1(CC(=O)O)CCCC1. The van der Waals surface area contributed by atoms with Gasteiger partial charge in [0.05, 0.1) is 18.0 Å². The summed E-state index contributed by atoms with van der Waals surface area (Å²) in [7, 11) is 0. The maximum Gasteiger partial charge on any atom is 0.305 e. The first kappa shape index (κ1) is 15.5. The number of nitrogens with two attached hydrogens (primary N) is 1. The van der Waals surface area contributed by atoms with E-state index >= 15 is 0 Å². The van der Waals surface area contributed by atoms with Crippen LogP contribution in [0.25, 0.3) is 0 Å². The molecule has 0 aromatic heterocycles. The van der Waals surface area contributed by atoms with Gasteiger partial charge in [0.2, 0.25) is 5.91 Å². The summed E-state index contributed by atoms with van der Waals surface area (Å²) < 4.78 is 0. The first-order chi connectivity index (χ1) is 10.0. The van der Waals surface area contributed by atoms with Crippen molar-refractivity contribution in [2.24, 2.45) is 5.73 Å². The maximum atomic E-state index is 12.3. The highest BCUT2D eigenvalue weighted by Gasteiger charge is 2.38. The second-order valence-corrected chi connectivity index (χ2v) is 5.84. The third-order valence-electron chi connectivity index (χ3n) is 4.07. The van der Waals surface area contributed by atoms with E-state index in [0.717, 1.165) is 18.4 Å². The van der Waals surface area contributed by atoms with Crippen LogP contribution in [0, 0.1) is 0 Å². The van der Waals surface area contributed by atoms with E-state index in [4.69, 9.17) is 10.8 Å². The van der Waals surface area contributed by atoms with Gasteiger partial charge in [-0.3, -0.25) is 9.59 Å². The third-order valence-corrected chi connectivity index (χ3v) is 4.07. The number of aliphatic carboxylic acids is 1.